The monoisotopic (exact) mass is 277 g/mol. The summed E-state index contributed by atoms with van der Waals surface area (Å²) in [7, 11) is 0. The summed E-state index contributed by atoms with van der Waals surface area (Å²) in [6.07, 6.45) is 3.20. The van der Waals surface area contributed by atoms with Gasteiger partial charge in [-0.25, -0.2) is 14.2 Å². The summed E-state index contributed by atoms with van der Waals surface area (Å²) in [6, 6.07) is 1.71. The second-order valence-electron chi connectivity index (χ2n) is 3.68. The minimum absolute atomic E-state index is 0.0000954. The maximum absolute atomic E-state index is 11.8. The van der Waals surface area contributed by atoms with Crippen molar-refractivity contribution in [1.82, 2.24) is 24.6 Å². The predicted molar refractivity (Wildman–Crippen MR) is 67.0 cm³/mol. The van der Waals surface area contributed by atoms with Crippen LogP contribution in [0, 0.1) is 0 Å². The largest absolute Gasteiger partial charge is 0.460 e. The molecular weight excluding hydrogens is 270 g/mol. The van der Waals surface area contributed by atoms with Gasteiger partial charge in [-0.15, -0.1) is 10.2 Å². The minimum Gasteiger partial charge on any atom is -0.460 e. The number of esters is 1. The van der Waals surface area contributed by atoms with E-state index in [2.05, 4.69) is 20.2 Å². The van der Waals surface area contributed by atoms with Crippen molar-refractivity contribution in [3.63, 3.8) is 0 Å². The van der Waals surface area contributed by atoms with Crippen LogP contribution < -0.4 is 0 Å². The van der Waals surface area contributed by atoms with Crippen LogP contribution in [-0.2, 0) is 4.74 Å². The van der Waals surface area contributed by atoms with Crippen LogP contribution in [0.1, 0.15) is 17.5 Å². The average Bonchev–Trinajstić information content (AvgIpc) is 2.85. The predicted octanol–water partition coefficient (Wildman–Crippen LogP) is 1.50. The maximum atomic E-state index is 11.8. The van der Waals surface area contributed by atoms with Crippen LogP contribution in [0.2, 0.25) is 5.28 Å². The number of hydrogen-bond donors (Lipinski definition) is 0. The van der Waals surface area contributed by atoms with Crippen molar-refractivity contribution in [3.8, 4) is 0 Å². The van der Waals surface area contributed by atoms with Gasteiger partial charge >= 0.3 is 5.97 Å². The Morgan fingerprint density at radius 3 is 3.11 bits per heavy atom. The molecule has 0 radical (unpaired) electrons. The Bertz CT molecular complexity index is 785. The smallest absolute Gasteiger partial charge is 0.376 e. The third-order valence-electron chi connectivity index (χ3n) is 2.56. The van der Waals surface area contributed by atoms with E-state index in [1.807, 2.05) is 0 Å². The molecule has 3 rings (SSSR count). The van der Waals surface area contributed by atoms with E-state index < -0.39 is 5.97 Å². The van der Waals surface area contributed by atoms with Crippen molar-refractivity contribution in [2.45, 2.75) is 6.92 Å². The van der Waals surface area contributed by atoms with Gasteiger partial charge in [-0.1, -0.05) is 0 Å². The van der Waals surface area contributed by atoms with Crippen molar-refractivity contribution in [2.24, 2.45) is 0 Å². The second-order valence-corrected chi connectivity index (χ2v) is 4.01. The number of nitrogens with zero attached hydrogens (tertiary/aromatic N) is 5. The zero-order chi connectivity index (χ0) is 13.4. The van der Waals surface area contributed by atoms with Crippen LogP contribution in [0.4, 0.5) is 0 Å². The maximum Gasteiger partial charge on any atom is 0.376 e. The average molecular weight is 278 g/mol. The van der Waals surface area contributed by atoms with Gasteiger partial charge in [-0.2, -0.15) is 0 Å². The third kappa shape index (κ3) is 1.78. The van der Waals surface area contributed by atoms with Gasteiger partial charge in [-0.3, -0.25) is 4.98 Å². The van der Waals surface area contributed by atoms with E-state index in [1.165, 1.54) is 4.40 Å². The molecule has 0 aliphatic heterocycles. The lowest BCUT2D eigenvalue weighted by molar-refractivity contribution is 0.0510. The van der Waals surface area contributed by atoms with Gasteiger partial charge in [0, 0.05) is 12.4 Å². The molecular formula is C11H8ClN5O2. The lowest BCUT2D eigenvalue weighted by Crippen LogP contribution is -2.10. The molecule has 3 aromatic rings. The van der Waals surface area contributed by atoms with Crippen LogP contribution in [-0.4, -0.2) is 37.1 Å². The van der Waals surface area contributed by atoms with Crippen LogP contribution in [0.5, 0.6) is 0 Å². The van der Waals surface area contributed by atoms with E-state index in [4.69, 9.17) is 16.3 Å². The minimum atomic E-state index is -0.595. The van der Waals surface area contributed by atoms with Gasteiger partial charge in [-0.05, 0) is 24.6 Å². The highest BCUT2D eigenvalue weighted by atomic mass is 35.5. The van der Waals surface area contributed by atoms with Gasteiger partial charge in [0.1, 0.15) is 0 Å². The highest BCUT2D eigenvalue weighted by Crippen LogP contribution is 2.21. The van der Waals surface area contributed by atoms with E-state index in [9.17, 15) is 4.79 Å². The van der Waals surface area contributed by atoms with Crippen LogP contribution in [0.3, 0.4) is 0 Å². The molecule has 0 N–H and O–H groups in total. The number of aromatic nitrogens is 5. The molecule has 19 heavy (non-hydrogen) atoms. The molecule has 0 spiro atoms. The quantitative estimate of drug-likeness (QED) is 0.521. The standard InChI is InChI=1S/C11H8ClN5O2/c1-2-19-10(18)9-16-15-8-6-5-13-4-3-7(6)14-11(12)17(8)9/h3-5H,2H2,1H3. The molecule has 0 unspecified atom stereocenters. The normalized spacial score (nSPS) is 11.1. The molecule has 3 heterocycles. The summed E-state index contributed by atoms with van der Waals surface area (Å²) >= 11 is 6.07. The molecule has 3 aromatic heterocycles. The van der Waals surface area contributed by atoms with Crippen molar-refractivity contribution in [3.05, 3.63) is 29.6 Å². The number of carbonyl (C=O) groups is 1. The summed E-state index contributed by atoms with van der Waals surface area (Å²) in [6.45, 7) is 1.95. The van der Waals surface area contributed by atoms with Gasteiger partial charge in [0.15, 0.2) is 5.65 Å². The third-order valence-corrected chi connectivity index (χ3v) is 2.81. The van der Waals surface area contributed by atoms with Crippen molar-refractivity contribution >= 4 is 34.1 Å². The highest BCUT2D eigenvalue weighted by molar-refractivity contribution is 6.29. The fraction of sp³-hybridized carbons (Fsp3) is 0.182. The first kappa shape index (κ1) is 11.8. The number of hydrogen-bond acceptors (Lipinski definition) is 6. The van der Waals surface area contributed by atoms with Crippen molar-refractivity contribution in [1.29, 1.82) is 0 Å². The Morgan fingerprint density at radius 2 is 2.32 bits per heavy atom. The Kier molecular flexibility index (Phi) is 2.75. The van der Waals surface area contributed by atoms with Gasteiger partial charge in [0.2, 0.25) is 11.1 Å². The molecule has 0 fully saturated rings. The van der Waals surface area contributed by atoms with E-state index in [-0.39, 0.29) is 17.7 Å². The van der Waals surface area contributed by atoms with Crippen molar-refractivity contribution in [2.75, 3.05) is 6.61 Å². The van der Waals surface area contributed by atoms with Crippen LogP contribution >= 0.6 is 11.6 Å². The molecule has 0 aliphatic carbocycles. The zero-order valence-electron chi connectivity index (χ0n) is 9.87. The first-order valence-electron chi connectivity index (χ1n) is 5.54. The number of fused-ring (bicyclic) bond motifs is 3. The number of pyridine rings is 1. The molecule has 0 saturated heterocycles. The first-order chi connectivity index (χ1) is 9.22. The Morgan fingerprint density at radius 1 is 1.47 bits per heavy atom. The molecule has 0 amide bonds. The molecule has 0 atom stereocenters. The molecule has 0 saturated carbocycles. The van der Waals surface area contributed by atoms with Crippen LogP contribution in [0.25, 0.3) is 16.6 Å². The van der Waals surface area contributed by atoms with Gasteiger partial charge in [0.25, 0.3) is 0 Å². The topological polar surface area (TPSA) is 82.3 Å². The summed E-state index contributed by atoms with van der Waals surface area (Å²) in [5.41, 5.74) is 1.06. The van der Waals surface area contributed by atoms with E-state index >= 15 is 0 Å². The molecule has 0 aliphatic rings. The number of rotatable bonds is 2. The summed E-state index contributed by atoms with van der Waals surface area (Å²) in [5, 5.41) is 8.53. The van der Waals surface area contributed by atoms with Crippen molar-refractivity contribution < 1.29 is 9.53 Å². The fourth-order valence-electron chi connectivity index (χ4n) is 1.77. The zero-order valence-corrected chi connectivity index (χ0v) is 10.6. The first-order valence-corrected chi connectivity index (χ1v) is 5.91. The Labute approximate surface area is 112 Å². The lowest BCUT2D eigenvalue weighted by atomic mass is 10.3. The van der Waals surface area contributed by atoms with Gasteiger partial charge < -0.3 is 4.74 Å². The van der Waals surface area contributed by atoms with E-state index in [0.29, 0.717) is 16.6 Å². The summed E-state index contributed by atoms with van der Waals surface area (Å²) in [4.78, 5) is 19.9. The number of ether oxygens (including phenoxy) is 1. The van der Waals surface area contributed by atoms with Crippen LogP contribution in [0.15, 0.2) is 18.5 Å². The highest BCUT2D eigenvalue weighted by Gasteiger charge is 2.20. The molecule has 0 bridgehead atoms. The molecule has 8 heteroatoms. The Balaban J connectivity index is 2.34. The molecule has 0 aromatic carbocycles. The SMILES string of the molecule is CCOC(=O)c1nnc2c3cnccc3nc(Cl)n12. The lowest BCUT2D eigenvalue weighted by Gasteiger charge is -2.03. The van der Waals surface area contributed by atoms with E-state index in [0.717, 1.165) is 0 Å². The second kappa shape index (κ2) is 4.43. The fourth-order valence-corrected chi connectivity index (χ4v) is 2.02. The Hall–Kier alpha value is -2.28. The van der Waals surface area contributed by atoms with E-state index in [1.54, 1.807) is 25.4 Å². The number of carbonyl (C=O) groups excluding carboxylic acids is 1. The summed E-state index contributed by atoms with van der Waals surface area (Å²) in [5.74, 6) is -0.595. The van der Waals surface area contributed by atoms with Gasteiger partial charge in [0.05, 0.1) is 17.5 Å². The number of halogens is 1. The molecule has 96 valence electrons. The summed E-state index contributed by atoms with van der Waals surface area (Å²) < 4.78 is 6.25. The molecule has 7 nitrogen and oxygen atoms in total.